The summed E-state index contributed by atoms with van der Waals surface area (Å²) in [6.07, 6.45) is 0.207. The van der Waals surface area contributed by atoms with Gasteiger partial charge in [-0.25, -0.2) is 12.8 Å². The highest BCUT2D eigenvalue weighted by Gasteiger charge is 2.40. The van der Waals surface area contributed by atoms with E-state index in [0.717, 1.165) is 32.6 Å². The Labute approximate surface area is 194 Å². The van der Waals surface area contributed by atoms with Crippen molar-refractivity contribution in [3.05, 3.63) is 94.8 Å². The van der Waals surface area contributed by atoms with Crippen LogP contribution in [-0.2, 0) is 27.8 Å². The zero-order valence-corrected chi connectivity index (χ0v) is 19.7. The predicted molar refractivity (Wildman–Crippen MR) is 127 cm³/mol. The number of anilines is 1. The topological polar surface area (TPSA) is 66.5 Å². The lowest BCUT2D eigenvalue weighted by Crippen LogP contribution is -2.50. The molecule has 4 rings (SSSR count). The van der Waals surface area contributed by atoms with Gasteiger partial charge in [0.25, 0.3) is 0 Å². The second-order valence-electron chi connectivity index (χ2n) is 8.65. The number of fused-ring (bicyclic) bond motifs is 1. The number of halogens is 1. The standard InChI is InChI=1S/C26H27FN2O3S/c1-17(2)21-12-8-9-18(3)25(21)28-26(30)23-15-19-10-4-5-11-20(19)16-29(23)33(31,32)24-14-7-6-13-22(24)27/h4-14,17,23H,15-16H2,1-3H3,(H,28,30). The van der Waals surface area contributed by atoms with Crippen molar-refractivity contribution in [3.8, 4) is 0 Å². The number of para-hydroxylation sites is 1. The molecule has 1 unspecified atom stereocenters. The summed E-state index contributed by atoms with van der Waals surface area (Å²) in [5.74, 6) is -1.09. The van der Waals surface area contributed by atoms with Crippen molar-refractivity contribution in [2.45, 2.75) is 50.6 Å². The van der Waals surface area contributed by atoms with Gasteiger partial charge in [0.2, 0.25) is 15.9 Å². The fourth-order valence-electron chi connectivity index (χ4n) is 4.30. The molecular weight excluding hydrogens is 439 g/mol. The van der Waals surface area contributed by atoms with Gasteiger partial charge in [-0.15, -0.1) is 0 Å². The van der Waals surface area contributed by atoms with Crippen LogP contribution in [-0.4, -0.2) is 24.7 Å². The first kappa shape index (κ1) is 23.1. The van der Waals surface area contributed by atoms with Gasteiger partial charge in [0.05, 0.1) is 0 Å². The molecule has 1 N–H and O–H groups in total. The maximum Gasteiger partial charge on any atom is 0.247 e. The molecule has 0 bridgehead atoms. The van der Waals surface area contributed by atoms with E-state index >= 15 is 0 Å². The van der Waals surface area contributed by atoms with Crippen molar-refractivity contribution in [2.24, 2.45) is 0 Å². The van der Waals surface area contributed by atoms with Crippen LogP contribution in [0.5, 0.6) is 0 Å². The zero-order valence-electron chi connectivity index (χ0n) is 18.9. The molecule has 1 aliphatic heterocycles. The average molecular weight is 467 g/mol. The summed E-state index contributed by atoms with van der Waals surface area (Å²) in [5.41, 5.74) is 4.28. The number of sulfonamides is 1. The first-order chi connectivity index (χ1) is 15.7. The minimum absolute atomic E-state index is 0.00423. The summed E-state index contributed by atoms with van der Waals surface area (Å²) in [6, 6.07) is 17.5. The lowest BCUT2D eigenvalue weighted by Gasteiger charge is -2.35. The normalized spacial score (nSPS) is 16.5. The maximum absolute atomic E-state index is 14.5. The fraction of sp³-hybridized carbons (Fsp3) is 0.269. The molecule has 3 aromatic rings. The molecular formula is C26H27FN2O3S. The molecule has 1 atom stereocenters. The van der Waals surface area contributed by atoms with E-state index in [1.807, 2.05) is 63.2 Å². The largest absolute Gasteiger partial charge is 0.324 e. The minimum atomic E-state index is -4.26. The van der Waals surface area contributed by atoms with Crippen molar-refractivity contribution in [3.63, 3.8) is 0 Å². The summed E-state index contributed by atoms with van der Waals surface area (Å²) in [5, 5.41) is 2.99. The number of carbonyl (C=O) groups excluding carboxylic acids is 1. The Morgan fingerprint density at radius 2 is 1.67 bits per heavy atom. The first-order valence-corrected chi connectivity index (χ1v) is 12.4. The number of rotatable bonds is 5. The third-order valence-corrected chi connectivity index (χ3v) is 7.99. The molecule has 0 saturated carbocycles. The summed E-state index contributed by atoms with van der Waals surface area (Å²) in [4.78, 5) is 13.1. The van der Waals surface area contributed by atoms with Crippen molar-refractivity contribution < 1.29 is 17.6 Å². The molecule has 0 aliphatic carbocycles. The molecule has 5 nitrogen and oxygen atoms in total. The molecule has 1 heterocycles. The average Bonchev–Trinajstić information content (AvgIpc) is 2.79. The number of nitrogens with zero attached hydrogens (tertiary/aromatic N) is 1. The molecule has 1 amide bonds. The van der Waals surface area contributed by atoms with Crippen LogP contribution < -0.4 is 5.32 Å². The van der Waals surface area contributed by atoms with Gasteiger partial charge in [0, 0.05) is 12.2 Å². The molecule has 7 heteroatoms. The number of carbonyl (C=O) groups is 1. The molecule has 172 valence electrons. The molecule has 0 saturated heterocycles. The highest BCUT2D eigenvalue weighted by molar-refractivity contribution is 7.89. The lowest BCUT2D eigenvalue weighted by atomic mass is 9.94. The lowest BCUT2D eigenvalue weighted by molar-refractivity contribution is -0.120. The van der Waals surface area contributed by atoms with Crippen LogP contribution in [0.2, 0.25) is 0 Å². The second-order valence-corrected chi connectivity index (χ2v) is 10.5. The Kier molecular flexibility index (Phi) is 6.36. The van der Waals surface area contributed by atoms with Gasteiger partial charge >= 0.3 is 0 Å². The molecule has 0 fully saturated rings. The van der Waals surface area contributed by atoms with E-state index in [-0.39, 0.29) is 18.9 Å². The highest BCUT2D eigenvalue weighted by Crippen LogP contribution is 2.32. The van der Waals surface area contributed by atoms with Crippen molar-refractivity contribution >= 4 is 21.6 Å². The number of hydrogen-bond donors (Lipinski definition) is 1. The van der Waals surface area contributed by atoms with Crippen LogP contribution in [0.25, 0.3) is 0 Å². The molecule has 0 radical (unpaired) electrons. The van der Waals surface area contributed by atoms with E-state index in [1.165, 1.54) is 18.2 Å². The molecule has 0 aromatic heterocycles. The van der Waals surface area contributed by atoms with Crippen LogP contribution in [0.15, 0.2) is 71.6 Å². The molecule has 33 heavy (non-hydrogen) atoms. The van der Waals surface area contributed by atoms with Crippen molar-refractivity contribution in [1.82, 2.24) is 4.31 Å². The summed E-state index contributed by atoms with van der Waals surface area (Å²) < 4.78 is 42.7. The van der Waals surface area contributed by atoms with Crippen LogP contribution in [0.1, 0.15) is 42.0 Å². The second kappa shape index (κ2) is 9.08. The summed E-state index contributed by atoms with van der Waals surface area (Å²) >= 11 is 0. The van der Waals surface area contributed by atoms with Gasteiger partial charge < -0.3 is 5.32 Å². The smallest absolute Gasteiger partial charge is 0.247 e. The van der Waals surface area contributed by atoms with Crippen LogP contribution >= 0.6 is 0 Å². The summed E-state index contributed by atoms with van der Waals surface area (Å²) in [6.45, 7) is 5.98. The van der Waals surface area contributed by atoms with Crippen LogP contribution in [0.4, 0.5) is 10.1 Å². The van der Waals surface area contributed by atoms with Crippen LogP contribution in [0, 0.1) is 12.7 Å². The minimum Gasteiger partial charge on any atom is -0.324 e. The fourth-order valence-corrected chi connectivity index (χ4v) is 5.94. The molecule has 3 aromatic carbocycles. The van der Waals surface area contributed by atoms with Gasteiger partial charge in [-0.2, -0.15) is 4.31 Å². The van der Waals surface area contributed by atoms with E-state index in [1.54, 1.807) is 0 Å². The number of amides is 1. The third kappa shape index (κ3) is 4.43. The Morgan fingerprint density at radius 1 is 1.00 bits per heavy atom. The zero-order chi connectivity index (χ0) is 23.8. The number of benzene rings is 3. The van der Waals surface area contributed by atoms with Crippen molar-refractivity contribution in [2.75, 3.05) is 5.32 Å². The van der Waals surface area contributed by atoms with Gasteiger partial charge in [0.1, 0.15) is 16.8 Å². The molecule has 0 spiro atoms. The van der Waals surface area contributed by atoms with E-state index in [9.17, 15) is 17.6 Å². The maximum atomic E-state index is 14.5. The Hall–Kier alpha value is -3.03. The Morgan fingerprint density at radius 3 is 2.36 bits per heavy atom. The van der Waals surface area contributed by atoms with Crippen LogP contribution in [0.3, 0.4) is 0 Å². The number of hydrogen-bond acceptors (Lipinski definition) is 3. The Bertz CT molecular complexity index is 1300. The SMILES string of the molecule is Cc1cccc(C(C)C)c1NC(=O)C1Cc2ccccc2CN1S(=O)(=O)c1ccccc1F. The predicted octanol–water partition coefficient (Wildman–Crippen LogP) is 5.01. The van der Waals surface area contributed by atoms with Gasteiger partial charge in [-0.05, 0) is 53.6 Å². The van der Waals surface area contributed by atoms with Gasteiger partial charge in [-0.1, -0.05) is 68.4 Å². The monoisotopic (exact) mass is 466 g/mol. The van der Waals surface area contributed by atoms with E-state index in [2.05, 4.69) is 5.32 Å². The Balaban J connectivity index is 1.77. The summed E-state index contributed by atoms with van der Waals surface area (Å²) in [7, 11) is -4.26. The van der Waals surface area contributed by atoms with E-state index < -0.39 is 32.7 Å². The van der Waals surface area contributed by atoms with Crippen molar-refractivity contribution in [1.29, 1.82) is 0 Å². The van der Waals surface area contributed by atoms with Gasteiger partial charge in [-0.3, -0.25) is 4.79 Å². The van der Waals surface area contributed by atoms with Gasteiger partial charge in [0.15, 0.2) is 0 Å². The van der Waals surface area contributed by atoms with E-state index in [0.29, 0.717) is 5.69 Å². The number of aryl methyl sites for hydroxylation is 1. The quantitative estimate of drug-likeness (QED) is 0.575. The highest BCUT2D eigenvalue weighted by atomic mass is 32.2. The van der Waals surface area contributed by atoms with E-state index in [4.69, 9.17) is 0 Å². The first-order valence-electron chi connectivity index (χ1n) is 10.9. The number of nitrogens with one attached hydrogen (secondary N) is 1. The molecule has 1 aliphatic rings. The third-order valence-electron chi connectivity index (χ3n) is 6.11.